The molecule has 1 amide bonds. The maximum Gasteiger partial charge on any atom is 0.262 e. The average Bonchev–Trinajstić information content (AvgIpc) is 3.20. The number of carbonyl (C=O) groups is 1. The number of nitrogens with zero attached hydrogens (tertiary/aromatic N) is 2. The van der Waals surface area contributed by atoms with Crippen LogP contribution in [0.1, 0.15) is 0 Å². The van der Waals surface area contributed by atoms with E-state index in [0.29, 0.717) is 28.6 Å². The van der Waals surface area contributed by atoms with Gasteiger partial charge in [-0.05, 0) is 48.5 Å². The molecule has 0 unspecified atom stereocenters. The van der Waals surface area contributed by atoms with Crippen LogP contribution in [-0.2, 0) is 4.79 Å². The summed E-state index contributed by atoms with van der Waals surface area (Å²) in [5.74, 6) is 1.55. The summed E-state index contributed by atoms with van der Waals surface area (Å²) < 4.78 is 16.0. The zero-order valence-corrected chi connectivity index (χ0v) is 14.9. The number of ether oxygens (including phenoxy) is 3. The summed E-state index contributed by atoms with van der Waals surface area (Å²) in [5, 5.41) is 11.1. The summed E-state index contributed by atoms with van der Waals surface area (Å²) in [6.07, 6.45) is 0. The molecule has 1 aliphatic rings. The molecular weight excluding hydrogens is 358 g/mol. The minimum absolute atomic E-state index is 0.116. The molecule has 0 aliphatic carbocycles. The molecule has 0 radical (unpaired) electrons. The fourth-order valence-electron chi connectivity index (χ4n) is 2.53. The van der Waals surface area contributed by atoms with Crippen LogP contribution in [0, 0.1) is 0 Å². The van der Waals surface area contributed by atoms with Gasteiger partial charge in [-0.3, -0.25) is 4.79 Å². The molecule has 3 aromatic carbocycles. The van der Waals surface area contributed by atoms with Crippen molar-refractivity contribution in [3.05, 3.63) is 72.8 Å². The molecule has 1 N–H and O–H groups in total. The molecule has 0 fully saturated rings. The number of anilines is 1. The van der Waals surface area contributed by atoms with Crippen molar-refractivity contribution >= 4 is 23.0 Å². The van der Waals surface area contributed by atoms with E-state index in [2.05, 4.69) is 15.5 Å². The van der Waals surface area contributed by atoms with Crippen LogP contribution in [0.2, 0.25) is 0 Å². The van der Waals surface area contributed by atoms with Crippen LogP contribution >= 0.6 is 0 Å². The monoisotopic (exact) mass is 375 g/mol. The van der Waals surface area contributed by atoms with Crippen molar-refractivity contribution in [2.75, 3.05) is 18.7 Å². The molecule has 7 heteroatoms. The Bertz CT molecular complexity index is 988. The number of hydrogen-bond donors (Lipinski definition) is 1. The fraction of sp³-hybridized carbons (Fsp3) is 0.0952. The van der Waals surface area contributed by atoms with Crippen molar-refractivity contribution in [1.29, 1.82) is 0 Å². The van der Waals surface area contributed by atoms with Crippen molar-refractivity contribution in [1.82, 2.24) is 0 Å². The van der Waals surface area contributed by atoms with Crippen molar-refractivity contribution < 1.29 is 19.0 Å². The highest BCUT2D eigenvalue weighted by Gasteiger charge is 2.14. The highest BCUT2D eigenvalue weighted by atomic mass is 16.7. The number of azo groups is 1. The first-order valence-electron chi connectivity index (χ1n) is 8.65. The van der Waals surface area contributed by atoms with Gasteiger partial charge >= 0.3 is 0 Å². The fourth-order valence-corrected chi connectivity index (χ4v) is 2.53. The Labute approximate surface area is 161 Å². The zero-order chi connectivity index (χ0) is 19.2. The first-order chi connectivity index (χ1) is 13.8. The lowest BCUT2D eigenvalue weighted by molar-refractivity contribution is -0.118. The molecule has 7 nitrogen and oxygen atoms in total. The topological polar surface area (TPSA) is 81.5 Å². The Balaban J connectivity index is 1.29. The van der Waals surface area contributed by atoms with Crippen molar-refractivity contribution in [2.24, 2.45) is 10.2 Å². The third kappa shape index (κ3) is 4.45. The molecule has 0 atom stereocenters. The van der Waals surface area contributed by atoms with Crippen molar-refractivity contribution in [2.45, 2.75) is 0 Å². The SMILES string of the molecule is O=C(COc1ccc2c(c1)OCO2)Nc1ccc(N=Nc2ccccc2)cc1. The van der Waals surface area contributed by atoms with E-state index < -0.39 is 0 Å². The summed E-state index contributed by atoms with van der Waals surface area (Å²) in [6, 6.07) is 21.7. The molecule has 0 saturated heterocycles. The minimum atomic E-state index is -0.267. The summed E-state index contributed by atoms with van der Waals surface area (Å²) in [6.45, 7) is 0.0787. The first kappa shape index (κ1) is 17.5. The highest BCUT2D eigenvalue weighted by Crippen LogP contribution is 2.35. The van der Waals surface area contributed by atoms with E-state index in [4.69, 9.17) is 14.2 Å². The number of carbonyl (C=O) groups excluding carboxylic acids is 1. The van der Waals surface area contributed by atoms with Crippen molar-refractivity contribution in [3.63, 3.8) is 0 Å². The van der Waals surface area contributed by atoms with Crippen LogP contribution in [0.4, 0.5) is 17.1 Å². The number of amides is 1. The smallest absolute Gasteiger partial charge is 0.262 e. The van der Waals surface area contributed by atoms with Gasteiger partial charge < -0.3 is 19.5 Å². The van der Waals surface area contributed by atoms with Gasteiger partial charge in [0, 0.05) is 11.8 Å². The molecule has 28 heavy (non-hydrogen) atoms. The van der Waals surface area contributed by atoms with Gasteiger partial charge in [0.2, 0.25) is 6.79 Å². The van der Waals surface area contributed by atoms with Gasteiger partial charge in [-0.2, -0.15) is 10.2 Å². The van der Waals surface area contributed by atoms with E-state index >= 15 is 0 Å². The van der Waals surface area contributed by atoms with Gasteiger partial charge in [-0.25, -0.2) is 0 Å². The van der Waals surface area contributed by atoms with E-state index in [9.17, 15) is 4.79 Å². The Hall–Kier alpha value is -3.87. The van der Waals surface area contributed by atoms with E-state index in [0.717, 1.165) is 5.69 Å². The van der Waals surface area contributed by atoms with Gasteiger partial charge in [-0.1, -0.05) is 18.2 Å². The lowest BCUT2D eigenvalue weighted by Gasteiger charge is -2.08. The minimum Gasteiger partial charge on any atom is -0.484 e. The number of hydrogen-bond acceptors (Lipinski definition) is 6. The maximum absolute atomic E-state index is 12.1. The highest BCUT2D eigenvalue weighted by molar-refractivity contribution is 5.92. The predicted octanol–water partition coefficient (Wildman–Crippen LogP) is 4.85. The van der Waals surface area contributed by atoms with Gasteiger partial charge in [0.15, 0.2) is 18.1 Å². The molecule has 0 saturated carbocycles. The third-order valence-corrected chi connectivity index (χ3v) is 3.90. The molecule has 1 heterocycles. The van der Waals surface area contributed by atoms with Gasteiger partial charge in [0.25, 0.3) is 5.91 Å². The molecule has 1 aliphatic heterocycles. The zero-order valence-electron chi connectivity index (χ0n) is 14.9. The summed E-state index contributed by atoms with van der Waals surface area (Å²) in [5.41, 5.74) is 2.12. The Morgan fingerprint density at radius 1 is 0.893 bits per heavy atom. The summed E-state index contributed by atoms with van der Waals surface area (Å²) in [4.78, 5) is 12.1. The van der Waals surface area contributed by atoms with Crippen LogP contribution in [0.5, 0.6) is 17.2 Å². The lowest BCUT2D eigenvalue weighted by atomic mass is 10.3. The summed E-state index contributed by atoms with van der Waals surface area (Å²) >= 11 is 0. The van der Waals surface area contributed by atoms with E-state index in [1.807, 2.05) is 30.3 Å². The number of benzene rings is 3. The molecule has 0 aromatic heterocycles. The van der Waals surface area contributed by atoms with Crippen LogP contribution in [0.15, 0.2) is 83.0 Å². The van der Waals surface area contributed by atoms with Crippen LogP contribution in [-0.4, -0.2) is 19.3 Å². The van der Waals surface area contributed by atoms with Crippen LogP contribution in [0.25, 0.3) is 0 Å². The Kier molecular flexibility index (Phi) is 5.15. The molecule has 0 bridgehead atoms. The van der Waals surface area contributed by atoms with E-state index in [-0.39, 0.29) is 19.3 Å². The van der Waals surface area contributed by atoms with Gasteiger partial charge in [0.1, 0.15) is 5.75 Å². The molecule has 3 aromatic rings. The van der Waals surface area contributed by atoms with Gasteiger partial charge in [-0.15, -0.1) is 0 Å². The largest absolute Gasteiger partial charge is 0.484 e. The first-order valence-corrected chi connectivity index (χ1v) is 8.65. The Morgan fingerprint density at radius 3 is 2.39 bits per heavy atom. The third-order valence-electron chi connectivity index (χ3n) is 3.90. The second-order valence-corrected chi connectivity index (χ2v) is 5.93. The standard InChI is InChI=1S/C21H17N3O4/c25-21(13-26-18-10-11-19-20(12-18)28-14-27-19)22-15-6-8-17(9-7-15)24-23-16-4-2-1-3-5-16/h1-12H,13-14H2,(H,22,25). The number of rotatable bonds is 6. The quantitative estimate of drug-likeness (QED) is 0.625. The lowest BCUT2D eigenvalue weighted by Crippen LogP contribution is -2.20. The van der Waals surface area contributed by atoms with E-state index in [1.54, 1.807) is 42.5 Å². The predicted molar refractivity (Wildman–Crippen MR) is 104 cm³/mol. The van der Waals surface area contributed by atoms with Gasteiger partial charge in [0.05, 0.1) is 11.4 Å². The van der Waals surface area contributed by atoms with Crippen LogP contribution < -0.4 is 19.5 Å². The van der Waals surface area contributed by atoms with Crippen molar-refractivity contribution in [3.8, 4) is 17.2 Å². The Morgan fingerprint density at radius 2 is 1.61 bits per heavy atom. The average molecular weight is 375 g/mol. The molecule has 4 rings (SSSR count). The molecular formula is C21H17N3O4. The maximum atomic E-state index is 12.1. The van der Waals surface area contributed by atoms with Crippen LogP contribution in [0.3, 0.4) is 0 Å². The molecule has 0 spiro atoms. The normalized spacial score (nSPS) is 12.1. The number of nitrogens with one attached hydrogen (secondary N) is 1. The number of fused-ring (bicyclic) bond motifs is 1. The molecule has 140 valence electrons. The second-order valence-electron chi connectivity index (χ2n) is 5.93. The second kappa shape index (κ2) is 8.22. The van der Waals surface area contributed by atoms with E-state index in [1.165, 1.54) is 0 Å². The summed E-state index contributed by atoms with van der Waals surface area (Å²) in [7, 11) is 0.